The van der Waals surface area contributed by atoms with E-state index in [1.807, 2.05) is 0 Å². The van der Waals surface area contributed by atoms with Crippen LogP contribution in [0.3, 0.4) is 0 Å². The first-order valence-corrected chi connectivity index (χ1v) is 12.7. The minimum atomic E-state index is -5.14. The summed E-state index contributed by atoms with van der Waals surface area (Å²) in [6, 6.07) is 1.26. The van der Waals surface area contributed by atoms with Crippen LogP contribution in [0.5, 0.6) is 0 Å². The van der Waals surface area contributed by atoms with Crippen LogP contribution < -0.4 is 16.0 Å². The van der Waals surface area contributed by atoms with Crippen molar-refractivity contribution in [3.05, 3.63) is 35.4 Å². The maximum atomic E-state index is 13.4. The lowest BCUT2D eigenvalue weighted by Gasteiger charge is -2.32. The highest BCUT2D eigenvalue weighted by Gasteiger charge is 2.46. The molecule has 11 nitrogen and oxygen atoms in total. The van der Waals surface area contributed by atoms with Crippen LogP contribution in [0.15, 0.2) is 24.3 Å². The Bertz CT molecular complexity index is 1140. The Kier molecular flexibility index (Phi) is 10.8. The van der Waals surface area contributed by atoms with Crippen molar-refractivity contribution in [2.24, 2.45) is 11.8 Å². The molecule has 1 aromatic carbocycles. The van der Waals surface area contributed by atoms with Crippen molar-refractivity contribution in [2.75, 3.05) is 13.1 Å². The summed E-state index contributed by atoms with van der Waals surface area (Å²) in [5, 5.41) is 15.6. The number of carboxylic acids is 1. The summed E-state index contributed by atoms with van der Waals surface area (Å²) in [5.74, 6) is -7.37. The lowest BCUT2D eigenvalue weighted by atomic mass is 9.98. The Labute approximate surface area is 228 Å². The first-order valence-electron chi connectivity index (χ1n) is 12.7. The highest BCUT2D eigenvalue weighted by molar-refractivity contribution is 6.01. The van der Waals surface area contributed by atoms with Crippen LogP contribution in [0.4, 0.5) is 13.2 Å². The SMILES string of the molecule is CC(C)[C@@H](NC(=O)c1ccc(C(=O)NCC(=O)O)cc1)C(=O)N1CCC[C@@H]1C(=O)N[C@@H](C(=O)C(F)(F)F)C(C)C. The third-order valence-corrected chi connectivity index (χ3v) is 6.39. The van der Waals surface area contributed by atoms with E-state index in [1.54, 1.807) is 13.8 Å². The molecule has 1 heterocycles. The Balaban J connectivity index is 2.14. The Morgan fingerprint density at radius 3 is 1.90 bits per heavy atom. The van der Waals surface area contributed by atoms with Crippen LogP contribution in [0, 0.1) is 11.8 Å². The standard InChI is InChI=1S/C26H33F3N4O7/c1-13(2)19(21(36)26(27,28)29)31-24(39)17-6-5-11-33(17)25(40)20(14(3)4)32-23(38)16-9-7-15(8-10-16)22(37)30-12-18(34)35/h7-10,13-14,17,19-20H,5-6,11-12H2,1-4H3,(H,30,37)(H,31,39)(H,32,38)(H,34,35)/t17-,19-,20-/m1/s1. The number of carbonyl (C=O) groups excluding carboxylic acids is 5. The Morgan fingerprint density at radius 2 is 1.43 bits per heavy atom. The van der Waals surface area contributed by atoms with E-state index in [9.17, 15) is 41.9 Å². The molecule has 0 aromatic heterocycles. The highest BCUT2D eigenvalue weighted by atomic mass is 19.4. The number of aliphatic carboxylic acids is 1. The number of amides is 4. The van der Waals surface area contributed by atoms with Gasteiger partial charge in [-0.15, -0.1) is 0 Å². The van der Waals surface area contributed by atoms with Gasteiger partial charge in [-0.05, 0) is 48.9 Å². The van der Waals surface area contributed by atoms with E-state index in [-0.39, 0.29) is 24.1 Å². The zero-order valence-corrected chi connectivity index (χ0v) is 22.5. The molecule has 0 aliphatic carbocycles. The maximum Gasteiger partial charge on any atom is 0.452 e. The minimum absolute atomic E-state index is 0.106. The molecule has 0 unspecified atom stereocenters. The first kappa shape index (κ1) is 32.2. The second-order valence-electron chi connectivity index (χ2n) is 10.1. The zero-order valence-electron chi connectivity index (χ0n) is 22.5. The van der Waals surface area contributed by atoms with Gasteiger partial charge in [-0.25, -0.2) is 0 Å². The molecule has 220 valence electrons. The van der Waals surface area contributed by atoms with E-state index in [2.05, 4.69) is 16.0 Å². The van der Waals surface area contributed by atoms with Crippen LogP contribution in [0.2, 0.25) is 0 Å². The molecule has 1 saturated heterocycles. The number of hydrogen-bond acceptors (Lipinski definition) is 6. The number of carbonyl (C=O) groups is 6. The van der Waals surface area contributed by atoms with Crippen molar-refractivity contribution in [1.82, 2.24) is 20.9 Å². The van der Waals surface area contributed by atoms with Crippen LogP contribution in [-0.4, -0.2) is 82.8 Å². The molecule has 1 aliphatic rings. The van der Waals surface area contributed by atoms with Gasteiger partial charge >= 0.3 is 12.1 Å². The van der Waals surface area contributed by atoms with Crippen molar-refractivity contribution < 1.29 is 47.0 Å². The van der Waals surface area contributed by atoms with Gasteiger partial charge in [-0.1, -0.05) is 27.7 Å². The number of Topliss-reactive ketones (excluding diaryl/α,β-unsaturated/α-hetero) is 1. The van der Waals surface area contributed by atoms with E-state index in [0.29, 0.717) is 6.42 Å². The van der Waals surface area contributed by atoms with Crippen molar-refractivity contribution in [1.29, 1.82) is 0 Å². The van der Waals surface area contributed by atoms with Gasteiger partial charge in [-0.2, -0.15) is 13.2 Å². The van der Waals surface area contributed by atoms with Crippen molar-refractivity contribution in [2.45, 2.75) is 64.8 Å². The number of ketones is 1. The molecule has 3 atom stereocenters. The van der Waals surface area contributed by atoms with Gasteiger partial charge < -0.3 is 26.0 Å². The van der Waals surface area contributed by atoms with E-state index < -0.39 is 78.1 Å². The molecule has 0 radical (unpaired) electrons. The number of alkyl halides is 3. The molecule has 2 rings (SSSR count). The number of likely N-dealkylation sites (tertiary alicyclic amines) is 1. The molecule has 1 aromatic rings. The van der Waals surface area contributed by atoms with Gasteiger partial charge in [0.1, 0.15) is 18.6 Å². The topological polar surface area (TPSA) is 162 Å². The number of halogens is 3. The van der Waals surface area contributed by atoms with Crippen molar-refractivity contribution in [3.63, 3.8) is 0 Å². The van der Waals surface area contributed by atoms with Gasteiger partial charge in [0.05, 0.1) is 6.04 Å². The first-order chi connectivity index (χ1) is 18.5. The summed E-state index contributed by atoms with van der Waals surface area (Å²) < 4.78 is 39.1. The summed E-state index contributed by atoms with van der Waals surface area (Å²) in [6.45, 7) is 5.62. The van der Waals surface area contributed by atoms with Gasteiger partial charge in [0.25, 0.3) is 17.6 Å². The van der Waals surface area contributed by atoms with E-state index in [1.165, 1.54) is 43.0 Å². The second-order valence-corrected chi connectivity index (χ2v) is 10.1. The molecule has 14 heteroatoms. The van der Waals surface area contributed by atoms with Crippen LogP contribution in [0.1, 0.15) is 61.3 Å². The normalized spacial score (nSPS) is 16.8. The quantitative estimate of drug-likeness (QED) is 0.314. The summed E-state index contributed by atoms with van der Waals surface area (Å²) in [6.07, 6.45) is -4.57. The fraction of sp³-hybridized carbons (Fsp3) is 0.538. The molecule has 1 aliphatic heterocycles. The zero-order chi connectivity index (χ0) is 30.4. The van der Waals surface area contributed by atoms with E-state index in [0.717, 1.165) is 0 Å². The molecular weight excluding hydrogens is 537 g/mol. The van der Waals surface area contributed by atoms with E-state index in [4.69, 9.17) is 5.11 Å². The number of carboxylic acid groups (broad SMARTS) is 1. The lowest BCUT2D eigenvalue weighted by molar-refractivity contribution is -0.175. The number of rotatable bonds is 11. The number of benzene rings is 1. The largest absolute Gasteiger partial charge is 0.480 e. The van der Waals surface area contributed by atoms with Crippen molar-refractivity contribution >= 4 is 35.4 Å². The molecule has 0 saturated carbocycles. The predicted octanol–water partition coefficient (Wildman–Crippen LogP) is 1.52. The molecule has 40 heavy (non-hydrogen) atoms. The second kappa shape index (κ2) is 13.4. The van der Waals surface area contributed by atoms with Gasteiger partial charge in [0.2, 0.25) is 11.8 Å². The number of nitrogens with one attached hydrogen (secondary N) is 3. The fourth-order valence-corrected chi connectivity index (χ4v) is 4.21. The molecule has 1 fully saturated rings. The Hall–Kier alpha value is -3.97. The number of hydrogen-bond donors (Lipinski definition) is 4. The highest BCUT2D eigenvalue weighted by Crippen LogP contribution is 2.24. The molecule has 4 N–H and O–H groups in total. The average Bonchev–Trinajstić information content (AvgIpc) is 3.37. The summed E-state index contributed by atoms with van der Waals surface area (Å²) in [7, 11) is 0. The smallest absolute Gasteiger partial charge is 0.452 e. The predicted molar refractivity (Wildman–Crippen MR) is 135 cm³/mol. The average molecular weight is 571 g/mol. The van der Waals surface area contributed by atoms with Crippen molar-refractivity contribution in [3.8, 4) is 0 Å². The molecule has 4 amide bonds. The third-order valence-electron chi connectivity index (χ3n) is 6.39. The number of nitrogens with zero attached hydrogens (tertiary/aromatic N) is 1. The van der Waals surface area contributed by atoms with Crippen LogP contribution in [0.25, 0.3) is 0 Å². The fourth-order valence-electron chi connectivity index (χ4n) is 4.21. The van der Waals surface area contributed by atoms with Gasteiger partial charge in [0, 0.05) is 17.7 Å². The van der Waals surface area contributed by atoms with Gasteiger partial charge in [0.15, 0.2) is 0 Å². The Morgan fingerprint density at radius 1 is 0.900 bits per heavy atom. The summed E-state index contributed by atoms with van der Waals surface area (Å²) in [5.41, 5.74) is 0.221. The van der Waals surface area contributed by atoms with E-state index >= 15 is 0 Å². The van der Waals surface area contributed by atoms with Crippen LogP contribution in [-0.2, 0) is 19.2 Å². The summed E-state index contributed by atoms with van der Waals surface area (Å²) in [4.78, 5) is 74.9. The van der Waals surface area contributed by atoms with Crippen LogP contribution >= 0.6 is 0 Å². The van der Waals surface area contributed by atoms with Gasteiger partial charge in [-0.3, -0.25) is 28.8 Å². The lowest BCUT2D eigenvalue weighted by Crippen LogP contribution is -2.58. The minimum Gasteiger partial charge on any atom is -0.480 e. The monoisotopic (exact) mass is 570 g/mol. The molecule has 0 bridgehead atoms. The molecular formula is C26H33F3N4O7. The maximum absolute atomic E-state index is 13.4. The summed E-state index contributed by atoms with van der Waals surface area (Å²) >= 11 is 0. The molecule has 0 spiro atoms. The third kappa shape index (κ3) is 8.26.